The van der Waals surface area contributed by atoms with Gasteiger partial charge in [0.15, 0.2) is 23.0 Å². The van der Waals surface area contributed by atoms with Gasteiger partial charge >= 0.3 is 19.5 Å². The van der Waals surface area contributed by atoms with Crippen LogP contribution in [0.2, 0.25) is 0 Å². The molecule has 4 aliphatic rings. The maximum atomic E-state index is 13.7. The third-order valence-corrected chi connectivity index (χ3v) is 9.93. The van der Waals surface area contributed by atoms with Gasteiger partial charge in [-0.1, -0.05) is 48.5 Å². The number of aliphatic hydroxyl groups excluding tert-OH is 1. The van der Waals surface area contributed by atoms with E-state index in [4.69, 9.17) is 23.9 Å². The summed E-state index contributed by atoms with van der Waals surface area (Å²) >= 11 is 0. The number of carbonyl (C=O) groups excluding carboxylic acids is 2. The Hall–Kier alpha value is -4.93. The minimum Gasteiger partial charge on any atom is -0.658 e. The largest absolute Gasteiger partial charge is 1.00 e. The Bertz CT molecular complexity index is 2020. The second-order valence-electron chi connectivity index (χ2n) is 12.9. The third-order valence-electron chi connectivity index (χ3n) is 9.93. The molecule has 0 fully saturated rings. The summed E-state index contributed by atoms with van der Waals surface area (Å²) in [6.45, 7) is 1.50. The van der Waals surface area contributed by atoms with E-state index < -0.39 is 12.3 Å². The number of benzene rings is 4. The zero-order valence-electron chi connectivity index (χ0n) is 28.2. The molecule has 4 aromatic carbocycles. The first kappa shape index (κ1) is 34.5. The van der Waals surface area contributed by atoms with Crippen LogP contribution in [0.3, 0.4) is 0 Å². The molecular formula is C39H37N4O7Ru. The van der Waals surface area contributed by atoms with Crippen LogP contribution in [-0.4, -0.2) is 78.7 Å². The molecule has 12 heteroatoms. The van der Waals surface area contributed by atoms with Gasteiger partial charge in [0.05, 0.1) is 44.7 Å². The molecule has 0 saturated carbocycles. The first-order valence-electron chi connectivity index (χ1n) is 16.8. The summed E-state index contributed by atoms with van der Waals surface area (Å²) in [6.07, 6.45) is 2.50. The van der Waals surface area contributed by atoms with Crippen LogP contribution in [0, 0.1) is 0 Å². The van der Waals surface area contributed by atoms with Crippen molar-refractivity contribution in [3.63, 3.8) is 0 Å². The van der Waals surface area contributed by atoms with Crippen molar-refractivity contribution < 1.29 is 53.1 Å². The van der Waals surface area contributed by atoms with E-state index in [0.717, 1.165) is 16.7 Å². The van der Waals surface area contributed by atoms with E-state index in [-0.39, 0.29) is 43.9 Å². The molecule has 0 aliphatic carbocycles. The van der Waals surface area contributed by atoms with Gasteiger partial charge in [-0.2, -0.15) is 0 Å². The Morgan fingerprint density at radius 1 is 0.745 bits per heavy atom. The number of fused-ring (bicyclic) bond motifs is 6. The molecule has 0 spiro atoms. The quantitative estimate of drug-likeness (QED) is 0.179. The van der Waals surface area contributed by atoms with Gasteiger partial charge < -0.3 is 39.2 Å². The number of nitrogens with zero attached hydrogens (tertiary/aromatic N) is 4. The number of amides is 2. The summed E-state index contributed by atoms with van der Waals surface area (Å²) in [4.78, 5) is 35.7. The van der Waals surface area contributed by atoms with Crippen LogP contribution in [0.4, 0.5) is 11.4 Å². The van der Waals surface area contributed by atoms with Crippen molar-refractivity contribution in [2.45, 2.75) is 50.7 Å². The fourth-order valence-corrected chi connectivity index (χ4v) is 7.27. The maximum absolute atomic E-state index is 13.7. The predicted molar refractivity (Wildman–Crippen MR) is 186 cm³/mol. The number of aliphatic hydroxyl groups is 1. The molecule has 4 aliphatic heterocycles. The minimum absolute atomic E-state index is 0. The van der Waals surface area contributed by atoms with Gasteiger partial charge in [-0.15, -0.1) is 5.69 Å². The van der Waals surface area contributed by atoms with Gasteiger partial charge in [-0.25, -0.2) is 0 Å². The van der Waals surface area contributed by atoms with Crippen LogP contribution >= 0.6 is 0 Å². The number of aliphatic imine (C=N–C) groups is 1. The van der Waals surface area contributed by atoms with Crippen LogP contribution in [0.15, 0.2) is 77.8 Å². The molecule has 0 aromatic heterocycles. The zero-order chi connectivity index (χ0) is 34.4. The third kappa shape index (κ3) is 6.43. The second kappa shape index (κ2) is 14.4. The van der Waals surface area contributed by atoms with E-state index in [1.165, 1.54) is 12.7 Å². The van der Waals surface area contributed by atoms with Gasteiger partial charge in [0.1, 0.15) is 0 Å². The minimum atomic E-state index is -1.09. The molecule has 4 aromatic rings. The first-order valence-corrected chi connectivity index (χ1v) is 16.8. The fraction of sp³-hybridized carbons (Fsp3) is 0.308. The molecule has 51 heavy (non-hydrogen) atoms. The van der Waals surface area contributed by atoms with E-state index in [0.29, 0.717) is 84.5 Å². The van der Waals surface area contributed by atoms with E-state index in [2.05, 4.69) is 17.4 Å². The molecule has 0 bridgehead atoms. The second-order valence-corrected chi connectivity index (χ2v) is 12.9. The molecule has 11 nitrogen and oxygen atoms in total. The van der Waals surface area contributed by atoms with Crippen LogP contribution in [0.25, 0.3) is 5.32 Å². The summed E-state index contributed by atoms with van der Waals surface area (Å²) in [5, 5.41) is 15.6. The van der Waals surface area contributed by atoms with E-state index in [9.17, 15) is 14.7 Å². The number of hydrogen-bond donors (Lipinski definition) is 1. The van der Waals surface area contributed by atoms with Gasteiger partial charge in [0.2, 0.25) is 0 Å². The van der Waals surface area contributed by atoms with Crippen molar-refractivity contribution in [2.24, 2.45) is 4.99 Å². The van der Waals surface area contributed by atoms with Crippen molar-refractivity contribution >= 4 is 29.4 Å². The summed E-state index contributed by atoms with van der Waals surface area (Å²) in [5.74, 6) is 1.43. The van der Waals surface area contributed by atoms with Gasteiger partial charge in [-0.3, -0.25) is 14.6 Å². The van der Waals surface area contributed by atoms with E-state index >= 15 is 0 Å². The number of ether oxygens (including phenoxy) is 4. The molecule has 1 radical (unpaired) electrons. The summed E-state index contributed by atoms with van der Waals surface area (Å²) in [5.41, 5.74) is 6.28. The SMILES string of the molecule is COc1cc2c(cc1OCCCOc1cc3c(cc1OC)C(=O)N1Cc4ccccc4CC1C(O)[N-]3)N=CC1Cc3ccccc3CN1C2=O.[Ru+]. The number of methoxy groups -OCH3 is 2. The average molecular weight is 775 g/mol. The topological polar surface area (TPSA) is 124 Å². The fourth-order valence-electron chi connectivity index (χ4n) is 7.27. The van der Waals surface area contributed by atoms with E-state index in [1.807, 2.05) is 47.5 Å². The standard InChI is InChI=1S/C39H38N4O7.Ru/c1-47-33-16-28-30(40-20-27-14-23-8-3-5-10-25(23)21-42(27)38(28)45)18-35(33)49-12-7-13-50-36-19-31-29(17-34(36)48-2)39(46)43-22-26-11-6-4-9-24(26)15-32(43)37(44)41-31;/h3-6,8-11,16-20,27,32,37,44H,7,12-15,21-22H2,1-2H3,(H,41,46);/q;+1/p-1. The molecule has 4 heterocycles. The smallest absolute Gasteiger partial charge is 0.658 e. The Morgan fingerprint density at radius 3 is 1.98 bits per heavy atom. The number of carbonyl (C=O) groups is 2. The molecule has 3 atom stereocenters. The van der Waals surface area contributed by atoms with Crippen LogP contribution in [0.5, 0.6) is 23.0 Å². The summed E-state index contributed by atoms with van der Waals surface area (Å²) < 4.78 is 23.4. The van der Waals surface area contributed by atoms with Crippen LogP contribution in [-0.2, 0) is 45.4 Å². The monoisotopic (exact) mass is 775 g/mol. The Balaban J connectivity index is 0.00000406. The van der Waals surface area contributed by atoms with Gasteiger partial charge in [0.25, 0.3) is 11.8 Å². The molecule has 2 amide bonds. The van der Waals surface area contributed by atoms with Gasteiger partial charge in [0, 0.05) is 49.6 Å². The molecule has 3 unspecified atom stereocenters. The first-order chi connectivity index (χ1) is 24.4. The average Bonchev–Trinajstić information content (AvgIpc) is 3.33. The molecule has 0 saturated heterocycles. The number of rotatable bonds is 8. The van der Waals surface area contributed by atoms with Crippen molar-refractivity contribution in [3.8, 4) is 23.0 Å². The summed E-state index contributed by atoms with van der Waals surface area (Å²) in [6, 6.07) is 22.3. The number of hydrogen-bond acceptors (Lipinski definition) is 8. The maximum Gasteiger partial charge on any atom is 1.00 e. The van der Waals surface area contributed by atoms with Crippen molar-refractivity contribution in [1.29, 1.82) is 0 Å². The zero-order valence-corrected chi connectivity index (χ0v) is 30.0. The van der Waals surface area contributed by atoms with Crippen molar-refractivity contribution in [2.75, 3.05) is 27.4 Å². The molecular weight excluding hydrogens is 738 g/mol. The Morgan fingerprint density at radius 2 is 1.31 bits per heavy atom. The molecule has 263 valence electrons. The van der Waals surface area contributed by atoms with Crippen molar-refractivity contribution in [3.05, 3.63) is 111 Å². The van der Waals surface area contributed by atoms with Crippen LogP contribution < -0.4 is 18.9 Å². The van der Waals surface area contributed by atoms with E-state index in [1.54, 1.807) is 36.3 Å². The van der Waals surface area contributed by atoms with Crippen LogP contribution in [0.1, 0.15) is 49.4 Å². The van der Waals surface area contributed by atoms with Crippen molar-refractivity contribution in [1.82, 2.24) is 9.80 Å². The Labute approximate surface area is 308 Å². The normalized spacial score (nSPS) is 19.7. The molecule has 8 rings (SSSR count). The molecule has 1 N–H and O–H groups in total. The predicted octanol–water partition coefficient (Wildman–Crippen LogP) is 5.74. The Kier molecular flexibility index (Phi) is 9.72. The van der Waals surface area contributed by atoms with Gasteiger partial charge in [-0.05, 0) is 53.3 Å². The summed E-state index contributed by atoms with van der Waals surface area (Å²) in [7, 11) is 3.07.